The Labute approximate surface area is 101 Å². The lowest BCUT2D eigenvalue weighted by atomic mass is 10.2. The third kappa shape index (κ3) is 2.14. The van der Waals surface area contributed by atoms with Crippen LogP contribution in [0, 0.1) is 0 Å². The van der Waals surface area contributed by atoms with Crippen molar-refractivity contribution in [3.05, 3.63) is 44.1 Å². The van der Waals surface area contributed by atoms with E-state index in [-0.39, 0.29) is 11.0 Å². The molecule has 0 bridgehead atoms. The average Bonchev–Trinajstić information content (AvgIpc) is 2.25. The van der Waals surface area contributed by atoms with Crippen LogP contribution in [0.2, 0.25) is 5.02 Å². The molecule has 0 aliphatic heterocycles. The van der Waals surface area contributed by atoms with Crippen molar-refractivity contribution in [2.75, 3.05) is 0 Å². The summed E-state index contributed by atoms with van der Waals surface area (Å²) in [6.45, 7) is 3.35. The van der Waals surface area contributed by atoms with Crippen molar-refractivity contribution < 1.29 is 4.42 Å². The van der Waals surface area contributed by atoms with Crippen LogP contribution < -0.4 is 11.3 Å². The van der Waals surface area contributed by atoms with Crippen LogP contribution in [0.1, 0.15) is 13.8 Å². The number of hydrogen-bond donors (Lipinski definition) is 0. The van der Waals surface area contributed by atoms with Crippen LogP contribution in [-0.2, 0) is 0 Å². The van der Waals surface area contributed by atoms with Gasteiger partial charge in [0.2, 0.25) is 0 Å². The summed E-state index contributed by atoms with van der Waals surface area (Å²) in [5, 5.41) is 4.43. The summed E-state index contributed by atoms with van der Waals surface area (Å²) in [6.07, 6.45) is 0. The van der Waals surface area contributed by atoms with E-state index in [1.807, 2.05) is 0 Å². The van der Waals surface area contributed by atoms with Crippen molar-refractivity contribution >= 4 is 28.3 Å². The standard InChI is InChI=1S/C11H9ClN2O3/c1-6(2)13-14-10(15)8-5-7(12)3-4-9(8)17-11(14)16/h3-5H,1-2H3. The molecule has 0 spiro atoms. The molecule has 0 amide bonds. The van der Waals surface area contributed by atoms with E-state index in [0.29, 0.717) is 15.4 Å². The number of fused-ring (bicyclic) bond motifs is 1. The second-order valence-corrected chi connectivity index (χ2v) is 4.11. The molecule has 1 heterocycles. The molecule has 0 N–H and O–H groups in total. The minimum atomic E-state index is -0.814. The highest BCUT2D eigenvalue weighted by molar-refractivity contribution is 6.31. The van der Waals surface area contributed by atoms with E-state index in [1.165, 1.54) is 12.1 Å². The third-order valence-electron chi connectivity index (χ3n) is 2.03. The molecule has 0 aliphatic rings. The summed E-state index contributed by atoms with van der Waals surface area (Å²) >= 11 is 5.78. The fourth-order valence-corrected chi connectivity index (χ4v) is 1.55. The van der Waals surface area contributed by atoms with Gasteiger partial charge in [-0.1, -0.05) is 11.6 Å². The average molecular weight is 253 g/mol. The lowest BCUT2D eigenvalue weighted by molar-refractivity contribution is 0.480. The van der Waals surface area contributed by atoms with Crippen LogP contribution in [-0.4, -0.2) is 10.4 Å². The molecule has 1 aromatic heterocycles. The van der Waals surface area contributed by atoms with Crippen LogP contribution in [0.15, 0.2) is 37.3 Å². The van der Waals surface area contributed by atoms with Crippen molar-refractivity contribution in [1.82, 2.24) is 4.68 Å². The van der Waals surface area contributed by atoms with Gasteiger partial charge < -0.3 is 4.42 Å². The first-order valence-electron chi connectivity index (χ1n) is 4.86. The highest BCUT2D eigenvalue weighted by atomic mass is 35.5. The highest BCUT2D eigenvalue weighted by Crippen LogP contribution is 2.14. The van der Waals surface area contributed by atoms with E-state index in [0.717, 1.165) is 0 Å². The molecule has 0 unspecified atom stereocenters. The topological polar surface area (TPSA) is 64.6 Å². The number of halogens is 1. The Morgan fingerprint density at radius 3 is 2.71 bits per heavy atom. The van der Waals surface area contributed by atoms with Gasteiger partial charge in [0.15, 0.2) is 0 Å². The van der Waals surface area contributed by atoms with Gasteiger partial charge in [-0.15, -0.1) is 4.68 Å². The lowest BCUT2D eigenvalue weighted by Crippen LogP contribution is -2.29. The molecule has 0 fully saturated rings. The van der Waals surface area contributed by atoms with Gasteiger partial charge in [0.1, 0.15) is 5.58 Å². The number of rotatable bonds is 1. The predicted molar refractivity (Wildman–Crippen MR) is 65.9 cm³/mol. The summed E-state index contributed by atoms with van der Waals surface area (Å²) < 4.78 is 5.66. The second-order valence-electron chi connectivity index (χ2n) is 3.67. The minimum absolute atomic E-state index is 0.199. The maximum Gasteiger partial charge on any atom is 0.443 e. The zero-order valence-corrected chi connectivity index (χ0v) is 9.99. The van der Waals surface area contributed by atoms with Crippen LogP contribution in [0.4, 0.5) is 0 Å². The van der Waals surface area contributed by atoms with E-state index >= 15 is 0 Å². The monoisotopic (exact) mass is 252 g/mol. The SMILES string of the molecule is CC(C)=Nn1c(=O)oc2ccc(Cl)cc2c1=O. The summed E-state index contributed by atoms with van der Waals surface area (Å²) in [5.41, 5.74) is 0.227. The number of benzene rings is 1. The normalized spacial score (nSPS) is 10.5. The maximum atomic E-state index is 12.0. The van der Waals surface area contributed by atoms with Gasteiger partial charge >= 0.3 is 5.76 Å². The molecule has 1 aromatic carbocycles. The molecule has 0 saturated carbocycles. The van der Waals surface area contributed by atoms with Gasteiger partial charge in [0.25, 0.3) is 5.56 Å². The van der Waals surface area contributed by atoms with Crippen molar-refractivity contribution in [2.45, 2.75) is 13.8 Å². The Morgan fingerprint density at radius 2 is 2.06 bits per heavy atom. The number of nitrogens with zero attached hydrogens (tertiary/aromatic N) is 2. The Bertz CT molecular complexity index is 724. The first-order valence-corrected chi connectivity index (χ1v) is 5.24. The molecule has 2 rings (SSSR count). The maximum absolute atomic E-state index is 12.0. The molecule has 0 saturated heterocycles. The van der Waals surface area contributed by atoms with Crippen LogP contribution in [0.25, 0.3) is 11.0 Å². The zero-order chi connectivity index (χ0) is 12.6. The van der Waals surface area contributed by atoms with Gasteiger partial charge in [-0.05, 0) is 32.0 Å². The van der Waals surface area contributed by atoms with Crippen molar-refractivity contribution in [3.63, 3.8) is 0 Å². The van der Waals surface area contributed by atoms with Crippen LogP contribution in [0.3, 0.4) is 0 Å². The highest BCUT2D eigenvalue weighted by Gasteiger charge is 2.09. The number of hydrogen-bond acceptors (Lipinski definition) is 4. The predicted octanol–water partition coefficient (Wildman–Crippen LogP) is 1.85. The quantitative estimate of drug-likeness (QED) is 0.728. The Hall–Kier alpha value is -1.88. The second kappa shape index (κ2) is 4.18. The van der Waals surface area contributed by atoms with Gasteiger partial charge in [-0.2, -0.15) is 5.10 Å². The van der Waals surface area contributed by atoms with Gasteiger partial charge in [-0.3, -0.25) is 4.79 Å². The molecule has 0 radical (unpaired) electrons. The minimum Gasteiger partial charge on any atom is -0.408 e. The Balaban J connectivity index is 2.93. The van der Waals surface area contributed by atoms with E-state index < -0.39 is 11.3 Å². The fraction of sp³-hybridized carbons (Fsp3) is 0.182. The first kappa shape index (κ1) is 11.6. The molecule has 5 nitrogen and oxygen atoms in total. The summed E-state index contributed by atoms with van der Waals surface area (Å²) in [6, 6.07) is 4.47. The molecule has 0 aliphatic carbocycles. The molecular formula is C11H9ClN2O3. The largest absolute Gasteiger partial charge is 0.443 e. The first-order chi connectivity index (χ1) is 7.99. The summed E-state index contributed by atoms with van der Waals surface area (Å²) in [5.74, 6) is -0.814. The molecular weight excluding hydrogens is 244 g/mol. The van der Waals surface area contributed by atoms with Crippen LogP contribution >= 0.6 is 11.6 Å². The lowest BCUT2D eigenvalue weighted by Gasteiger charge is -2.00. The van der Waals surface area contributed by atoms with E-state index in [9.17, 15) is 9.59 Å². The smallest absolute Gasteiger partial charge is 0.408 e. The van der Waals surface area contributed by atoms with Gasteiger partial charge in [0, 0.05) is 10.7 Å². The van der Waals surface area contributed by atoms with Crippen molar-refractivity contribution in [2.24, 2.45) is 5.10 Å². The van der Waals surface area contributed by atoms with Gasteiger partial charge in [-0.25, -0.2) is 4.79 Å². The Kier molecular flexibility index (Phi) is 2.85. The summed E-state index contributed by atoms with van der Waals surface area (Å²) in [4.78, 5) is 23.5. The number of aromatic nitrogens is 1. The zero-order valence-electron chi connectivity index (χ0n) is 9.23. The third-order valence-corrected chi connectivity index (χ3v) is 2.27. The molecule has 0 atom stereocenters. The fourth-order valence-electron chi connectivity index (χ4n) is 1.38. The molecule has 17 heavy (non-hydrogen) atoms. The molecule has 2 aromatic rings. The van der Waals surface area contributed by atoms with Crippen molar-refractivity contribution in [3.8, 4) is 0 Å². The van der Waals surface area contributed by atoms with E-state index in [1.54, 1.807) is 19.9 Å². The van der Waals surface area contributed by atoms with Crippen molar-refractivity contribution in [1.29, 1.82) is 0 Å². The molecule has 6 heteroatoms. The van der Waals surface area contributed by atoms with E-state index in [4.69, 9.17) is 16.0 Å². The van der Waals surface area contributed by atoms with E-state index in [2.05, 4.69) is 5.10 Å². The van der Waals surface area contributed by atoms with Gasteiger partial charge in [0.05, 0.1) is 5.39 Å². The summed E-state index contributed by atoms with van der Waals surface area (Å²) in [7, 11) is 0. The van der Waals surface area contributed by atoms with Crippen LogP contribution in [0.5, 0.6) is 0 Å². The Morgan fingerprint density at radius 1 is 1.35 bits per heavy atom. The molecule has 88 valence electrons.